The van der Waals surface area contributed by atoms with Gasteiger partial charge in [0.2, 0.25) is 0 Å². The Morgan fingerprint density at radius 2 is 1.47 bits per heavy atom. The second kappa shape index (κ2) is 11.3. The van der Waals surface area contributed by atoms with E-state index in [1.165, 1.54) is 41.0 Å². The monoisotopic (exact) mass is 407 g/mol. The molecule has 3 aromatic rings. The van der Waals surface area contributed by atoms with Crippen molar-refractivity contribution in [2.75, 3.05) is 0 Å². The second-order valence-electron chi connectivity index (χ2n) is 7.89. The number of benzene rings is 3. The fraction of sp³-hybridized carbons (Fsp3) is 0.269. The summed E-state index contributed by atoms with van der Waals surface area (Å²) in [4.78, 5) is 10.8. The molecule has 0 bridgehead atoms. The highest BCUT2D eigenvalue weighted by molar-refractivity contribution is 5.74. The Morgan fingerprint density at radius 3 is 1.97 bits per heavy atom. The van der Waals surface area contributed by atoms with E-state index in [0.29, 0.717) is 11.6 Å². The Bertz CT molecular complexity index is 906. The van der Waals surface area contributed by atoms with Crippen LogP contribution in [0.5, 0.6) is 0 Å². The van der Waals surface area contributed by atoms with E-state index in [-0.39, 0.29) is 11.7 Å². The van der Waals surface area contributed by atoms with E-state index in [4.69, 9.17) is 0 Å². The summed E-state index contributed by atoms with van der Waals surface area (Å²) in [6.45, 7) is 5.70. The van der Waals surface area contributed by atoms with Crippen molar-refractivity contribution in [1.29, 1.82) is 0 Å². The number of aliphatic carboxylic acids is 1. The molecule has 0 unspecified atom stereocenters. The highest BCUT2D eigenvalue weighted by atomic mass is 19.1. The van der Waals surface area contributed by atoms with Crippen LogP contribution in [0.15, 0.2) is 78.9 Å². The maximum absolute atomic E-state index is 12.6. The lowest BCUT2D eigenvalue weighted by molar-refractivity contribution is -0.426. The highest BCUT2D eigenvalue weighted by Gasteiger charge is 2.16. The summed E-state index contributed by atoms with van der Waals surface area (Å²) < 4.78 is 12.6. The Hall–Kier alpha value is -2.98. The van der Waals surface area contributed by atoms with Gasteiger partial charge in [0.1, 0.15) is 11.9 Å². The molecule has 0 aliphatic carbocycles. The van der Waals surface area contributed by atoms with Gasteiger partial charge in [0.05, 0.1) is 0 Å². The van der Waals surface area contributed by atoms with E-state index in [1.54, 1.807) is 13.8 Å². The fourth-order valence-corrected chi connectivity index (χ4v) is 3.32. The van der Waals surface area contributed by atoms with Crippen LogP contribution in [-0.2, 0) is 11.2 Å². The molecule has 3 aromatic carbocycles. The summed E-state index contributed by atoms with van der Waals surface area (Å²) in [6, 6.07) is 25.0. The van der Waals surface area contributed by atoms with Gasteiger partial charge in [-0.1, -0.05) is 86.1 Å². The Kier molecular flexibility index (Phi) is 8.75. The third-order valence-corrected chi connectivity index (χ3v) is 5.02. The van der Waals surface area contributed by atoms with Gasteiger partial charge in [-0.15, -0.1) is 0 Å². The van der Waals surface area contributed by atoms with Crippen molar-refractivity contribution in [1.82, 2.24) is 0 Å². The first-order valence-corrected chi connectivity index (χ1v) is 10.2. The standard InChI is InChI=1S/C15H17N.C11H13FO2/c1-12-7-9-13(10-8-12)11-15(16)14-5-3-2-4-6-14;1-7(2)10(11(13)14)8-3-5-9(12)6-4-8/h2-10,15H,11,16H2,1H3;3-7,10H,1-2H3,(H,13,14)/t15-;10-/m10/s1. The normalized spacial score (nSPS) is 12.6. The summed E-state index contributed by atoms with van der Waals surface area (Å²) in [5, 5.41) is 10.8. The molecule has 0 aromatic heterocycles. The van der Waals surface area contributed by atoms with Gasteiger partial charge in [0.15, 0.2) is 0 Å². The molecule has 0 saturated carbocycles. The van der Waals surface area contributed by atoms with Gasteiger partial charge in [0.25, 0.3) is 0 Å². The molecule has 0 radical (unpaired) electrons. The van der Waals surface area contributed by atoms with Crippen molar-refractivity contribution in [2.45, 2.75) is 39.2 Å². The van der Waals surface area contributed by atoms with E-state index in [2.05, 4.69) is 61.2 Å². The van der Waals surface area contributed by atoms with Crippen molar-refractivity contribution in [3.63, 3.8) is 0 Å². The van der Waals surface area contributed by atoms with E-state index >= 15 is 0 Å². The SMILES string of the molecule is CC(C)[C@H](C(=O)[O-])c1ccc(F)cc1.Cc1ccc(C[C@@H]([NH3+])c2ccccc2)cc1. The first-order valence-electron chi connectivity index (χ1n) is 10.2. The van der Waals surface area contributed by atoms with Crippen molar-refractivity contribution < 1.29 is 20.0 Å². The van der Waals surface area contributed by atoms with Crippen molar-refractivity contribution in [3.05, 3.63) is 107 Å². The quantitative estimate of drug-likeness (QED) is 0.675. The molecule has 0 amide bonds. The number of carboxylic acids is 1. The third-order valence-electron chi connectivity index (χ3n) is 5.02. The molecule has 0 aliphatic heterocycles. The highest BCUT2D eigenvalue weighted by Crippen LogP contribution is 2.23. The van der Waals surface area contributed by atoms with Gasteiger partial charge in [-0.3, -0.25) is 0 Å². The van der Waals surface area contributed by atoms with Gasteiger partial charge in [-0.2, -0.15) is 0 Å². The lowest BCUT2D eigenvalue weighted by Crippen LogP contribution is -2.54. The molecule has 0 fully saturated rings. The molecule has 30 heavy (non-hydrogen) atoms. The summed E-state index contributed by atoms with van der Waals surface area (Å²) in [7, 11) is 0. The van der Waals surface area contributed by atoms with E-state index < -0.39 is 11.9 Å². The van der Waals surface area contributed by atoms with Crippen LogP contribution in [0.1, 0.15) is 48.1 Å². The van der Waals surface area contributed by atoms with Crippen LogP contribution in [-0.4, -0.2) is 5.97 Å². The summed E-state index contributed by atoms with van der Waals surface area (Å²) in [5.74, 6) is -2.22. The van der Waals surface area contributed by atoms with Crippen molar-refractivity contribution >= 4 is 5.97 Å². The van der Waals surface area contributed by atoms with Crippen LogP contribution >= 0.6 is 0 Å². The molecule has 0 aliphatic rings. The lowest BCUT2D eigenvalue weighted by atomic mass is 9.89. The van der Waals surface area contributed by atoms with Crippen LogP contribution in [0.2, 0.25) is 0 Å². The van der Waals surface area contributed by atoms with Gasteiger partial charge in [0, 0.05) is 23.9 Å². The maximum atomic E-state index is 12.6. The zero-order valence-corrected chi connectivity index (χ0v) is 17.8. The maximum Gasteiger partial charge on any atom is 0.123 e. The fourth-order valence-electron chi connectivity index (χ4n) is 3.32. The van der Waals surface area contributed by atoms with E-state index in [0.717, 1.165) is 6.42 Å². The average Bonchev–Trinajstić information content (AvgIpc) is 2.72. The number of quaternary nitrogens is 1. The summed E-state index contributed by atoms with van der Waals surface area (Å²) >= 11 is 0. The van der Waals surface area contributed by atoms with Crippen molar-refractivity contribution in [2.24, 2.45) is 5.92 Å². The van der Waals surface area contributed by atoms with Crippen molar-refractivity contribution in [3.8, 4) is 0 Å². The van der Waals surface area contributed by atoms with E-state index in [1.807, 2.05) is 6.07 Å². The number of carbonyl (C=O) groups is 1. The minimum Gasteiger partial charge on any atom is -0.549 e. The first kappa shape index (κ1) is 23.3. The molecule has 3 nitrogen and oxygen atoms in total. The Morgan fingerprint density at radius 1 is 0.900 bits per heavy atom. The number of carboxylic acid groups (broad SMARTS) is 1. The minimum absolute atomic E-state index is 0.0644. The average molecular weight is 408 g/mol. The van der Waals surface area contributed by atoms with Crippen LogP contribution in [0.4, 0.5) is 4.39 Å². The minimum atomic E-state index is -1.12. The molecule has 3 N–H and O–H groups in total. The Labute approximate surface area is 178 Å². The van der Waals surface area contributed by atoms with Gasteiger partial charge in [-0.25, -0.2) is 4.39 Å². The lowest BCUT2D eigenvalue weighted by Gasteiger charge is -2.22. The molecule has 158 valence electrons. The van der Waals surface area contributed by atoms with Crippen LogP contribution in [0.25, 0.3) is 0 Å². The summed E-state index contributed by atoms with van der Waals surface area (Å²) in [5.41, 5.74) is 8.78. The molecular weight excluding hydrogens is 377 g/mol. The molecule has 3 rings (SSSR count). The predicted octanol–water partition coefficient (Wildman–Crippen LogP) is 3.84. The number of hydrogen-bond donors (Lipinski definition) is 1. The molecule has 0 saturated heterocycles. The molecule has 2 atom stereocenters. The van der Waals surface area contributed by atoms with Gasteiger partial charge >= 0.3 is 0 Å². The number of aryl methyl sites for hydroxylation is 1. The molecule has 4 heteroatoms. The molecule has 0 heterocycles. The van der Waals surface area contributed by atoms with Crippen LogP contribution < -0.4 is 10.8 Å². The third kappa shape index (κ3) is 7.12. The number of hydrogen-bond acceptors (Lipinski definition) is 2. The predicted molar refractivity (Wildman–Crippen MR) is 116 cm³/mol. The zero-order chi connectivity index (χ0) is 22.1. The molecular formula is C26H30FNO2. The largest absolute Gasteiger partial charge is 0.549 e. The summed E-state index contributed by atoms with van der Waals surface area (Å²) in [6.07, 6.45) is 1.00. The second-order valence-corrected chi connectivity index (χ2v) is 7.89. The number of carbonyl (C=O) groups excluding carboxylic acids is 1. The van der Waals surface area contributed by atoms with E-state index in [9.17, 15) is 14.3 Å². The number of rotatable bonds is 6. The first-order chi connectivity index (χ1) is 14.3. The van der Waals surface area contributed by atoms with Gasteiger partial charge < -0.3 is 15.6 Å². The Balaban J connectivity index is 0.000000216. The van der Waals surface area contributed by atoms with Crippen LogP contribution in [0.3, 0.4) is 0 Å². The zero-order valence-electron chi connectivity index (χ0n) is 17.8. The number of halogens is 1. The van der Waals surface area contributed by atoms with Gasteiger partial charge in [-0.05, 0) is 36.1 Å². The molecule has 0 spiro atoms. The topological polar surface area (TPSA) is 67.8 Å². The smallest absolute Gasteiger partial charge is 0.123 e. The van der Waals surface area contributed by atoms with Crippen LogP contribution in [0, 0.1) is 18.7 Å².